The first-order chi connectivity index (χ1) is 10.9. The molecule has 6 heteroatoms. The van der Waals surface area contributed by atoms with E-state index < -0.39 is 5.60 Å². The summed E-state index contributed by atoms with van der Waals surface area (Å²) in [6, 6.07) is 5.39. The highest BCUT2D eigenvalue weighted by molar-refractivity contribution is 7.18. The number of anilines is 1. The Kier molecular flexibility index (Phi) is 5.59. The molecule has 0 saturated heterocycles. The van der Waals surface area contributed by atoms with E-state index in [4.69, 9.17) is 0 Å². The van der Waals surface area contributed by atoms with Crippen molar-refractivity contribution < 1.29 is 9.90 Å². The Morgan fingerprint density at radius 3 is 2.65 bits per heavy atom. The van der Waals surface area contributed by atoms with Crippen LogP contribution >= 0.6 is 11.3 Å². The number of hydrogen-bond acceptors (Lipinski definition) is 4. The van der Waals surface area contributed by atoms with Gasteiger partial charge in [-0.2, -0.15) is 0 Å². The lowest BCUT2D eigenvalue weighted by molar-refractivity contribution is 0.0354. The van der Waals surface area contributed by atoms with Crippen LogP contribution in [0.4, 0.5) is 10.5 Å². The molecule has 0 fully saturated rings. The summed E-state index contributed by atoms with van der Waals surface area (Å²) in [6.45, 7) is 8.30. The fraction of sp³-hybridized carbons (Fsp3) is 0.529. The second kappa shape index (κ2) is 7.27. The van der Waals surface area contributed by atoms with E-state index in [1.54, 1.807) is 11.3 Å². The SMILES string of the molecule is CCC(O)(CC)CNC(=O)Nc1ccc2nc(C(C)C)sc2c1. The average molecular weight is 335 g/mol. The number of thiazole rings is 1. The van der Waals surface area contributed by atoms with Gasteiger partial charge in [0.2, 0.25) is 0 Å². The summed E-state index contributed by atoms with van der Waals surface area (Å²) in [5.74, 6) is 0.396. The van der Waals surface area contributed by atoms with Gasteiger partial charge in [0.1, 0.15) is 0 Å². The summed E-state index contributed by atoms with van der Waals surface area (Å²) < 4.78 is 1.06. The summed E-state index contributed by atoms with van der Waals surface area (Å²) in [6.07, 6.45) is 1.21. The topological polar surface area (TPSA) is 74.2 Å². The summed E-state index contributed by atoms with van der Waals surface area (Å²) in [5, 5.41) is 16.8. The smallest absolute Gasteiger partial charge is 0.319 e. The predicted molar refractivity (Wildman–Crippen MR) is 96.3 cm³/mol. The van der Waals surface area contributed by atoms with Crippen molar-refractivity contribution in [3.63, 3.8) is 0 Å². The van der Waals surface area contributed by atoms with Crippen molar-refractivity contribution >= 4 is 33.3 Å². The molecule has 1 aromatic carbocycles. The molecule has 23 heavy (non-hydrogen) atoms. The number of amides is 2. The van der Waals surface area contributed by atoms with E-state index in [1.165, 1.54) is 0 Å². The number of urea groups is 1. The molecule has 2 rings (SSSR count). The van der Waals surface area contributed by atoms with Crippen molar-refractivity contribution in [2.24, 2.45) is 0 Å². The van der Waals surface area contributed by atoms with Crippen LogP contribution in [0.25, 0.3) is 10.2 Å². The second-order valence-electron chi connectivity index (χ2n) is 6.13. The van der Waals surface area contributed by atoms with E-state index in [2.05, 4.69) is 29.5 Å². The Hall–Kier alpha value is -1.66. The minimum atomic E-state index is -0.842. The largest absolute Gasteiger partial charge is 0.388 e. The van der Waals surface area contributed by atoms with Gasteiger partial charge in [0.05, 0.1) is 20.8 Å². The Labute approximate surface area is 141 Å². The van der Waals surface area contributed by atoms with E-state index >= 15 is 0 Å². The Morgan fingerprint density at radius 2 is 2.04 bits per heavy atom. The van der Waals surface area contributed by atoms with Gasteiger partial charge >= 0.3 is 6.03 Å². The zero-order chi connectivity index (χ0) is 17.0. The summed E-state index contributed by atoms with van der Waals surface area (Å²) >= 11 is 1.65. The molecule has 1 aromatic heterocycles. The number of aromatic nitrogens is 1. The molecule has 0 saturated carbocycles. The van der Waals surface area contributed by atoms with E-state index in [0.717, 1.165) is 20.9 Å². The van der Waals surface area contributed by atoms with Crippen LogP contribution in [-0.2, 0) is 0 Å². The predicted octanol–water partition coefficient (Wildman–Crippen LogP) is 4.09. The minimum Gasteiger partial charge on any atom is -0.388 e. The number of aliphatic hydroxyl groups is 1. The van der Waals surface area contributed by atoms with E-state index in [9.17, 15) is 9.90 Å². The van der Waals surface area contributed by atoms with E-state index in [0.29, 0.717) is 18.8 Å². The first kappa shape index (κ1) is 17.7. The summed E-state index contributed by atoms with van der Waals surface area (Å²) in [7, 11) is 0. The van der Waals surface area contributed by atoms with Crippen LogP contribution in [0.3, 0.4) is 0 Å². The summed E-state index contributed by atoms with van der Waals surface area (Å²) in [5.41, 5.74) is 0.840. The van der Waals surface area contributed by atoms with Crippen molar-refractivity contribution in [1.29, 1.82) is 0 Å². The molecule has 0 aliphatic rings. The zero-order valence-corrected chi connectivity index (χ0v) is 15.0. The number of carbonyl (C=O) groups is 1. The molecule has 0 bridgehead atoms. The molecule has 2 aromatic rings. The lowest BCUT2D eigenvalue weighted by Crippen LogP contribution is -2.43. The molecule has 0 atom stereocenters. The van der Waals surface area contributed by atoms with Gasteiger partial charge in [-0.25, -0.2) is 9.78 Å². The van der Waals surface area contributed by atoms with Crippen molar-refractivity contribution in [3.05, 3.63) is 23.2 Å². The zero-order valence-electron chi connectivity index (χ0n) is 14.1. The number of rotatable bonds is 6. The molecule has 0 unspecified atom stereocenters. The Balaban J connectivity index is 2.02. The van der Waals surface area contributed by atoms with Crippen LogP contribution in [0, 0.1) is 0 Å². The van der Waals surface area contributed by atoms with Crippen LogP contribution in [0.5, 0.6) is 0 Å². The second-order valence-corrected chi connectivity index (χ2v) is 7.19. The van der Waals surface area contributed by atoms with Crippen LogP contribution in [-0.4, -0.2) is 28.3 Å². The molecule has 1 heterocycles. The van der Waals surface area contributed by atoms with Gasteiger partial charge in [0.15, 0.2) is 0 Å². The quantitative estimate of drug-likeness (QED) is 0.744. The van der Waals surface area contributed by atoms with Gasteiger partial charge in [-0.3, -0.25) is 0 Å². The number of fused-ring (bicyclic) bond motifs is 1. The third-order valence-corrected chi connectivity index (χ3v) is 5.37. The standard InChI is InChI=1S/C17H25N3O2S/c1-5-17(22,6-2)10-18-16(21)19-12-7-8-13-14(9-12)23-15(20-13)11(3)4/h7-9,11,22H,5-6,10H2,1-4H3,(H2,18,19,21). The van der Waals surface area contributed by atoms with Gasteiger partial charge in [-0.15, -0.1) is 11.3 Å². The Bertz CT molecular complexity index is 678. The number of nitrogens with one attached hydrogen (secondary N) is 2. The van der Waals surface area contributed by atoms with E-state index in [1.807, 2.05) is 32.0 Å². The molecule has 0 spiro atoms. The van der Waals surface area contributed by atoms with Gasteiger partial charge < -0.3 is 15.7 Å². The van der Waals surface area contributed by atoms with Crippen molar-refractivity contribution in [2.75, 3.05) is 11.9 Å². The van der Waals surface area contributed by atoms with Crippen LogP contribution in [0.15, 0.2) is 18.2 Å². The van der Waals surface area contributed by atoms with Crippen LogP contribution in [0.2, 0.25) is 0 Å². The fourth-order valence-corrected chi connectivity index (χ4v) is 3.20. The van der Waals surface area contributed by atoms with E-state index in [-0.39, 0.29) is 12.6 Å². The number of nitrogens with zero attached hydrogens (tertiary/aromatic N) is 1. The summed E-state index contributed by atoms with van der Waals surface area (Å²) in [4.78, 5) is 16.6. The molecular weight excluding hydrogens is 310 g/mol. The molecule has 5 nitrogen and oxygen atoms in total. The average Bonchev–Trinajstić information content (AvgIpc) is 2.96. The van der Waals surface area contributed by atoms with Gasteiger partial charge in [-0.05, 0) is 31.0 Å². The van der Waals surface area contributed by atoms with Gasteiger partial charge in [-0.1, -0.05) is 27.7 Å². The molecule has 0 radical (unpaired) electrons. The molecule has 3 N–H and O–H groups in total. The minimum absolute atomic E-state index is 0.242. The maximum atomic E-state index is 12.0. The monoisotopic (exact) mass is 335 g/mol. The van der Waals surface area contributed by atoms with Gasteiger partial charge in [0.25, 0.3) is 0 Å². The molecule has 0 aliphatic heterocycles. The third kappa shape index (κ3) is 4.42. The highest BCUT2D eigenvalue weighted by Gasteiger charge is 2.22. The number of hydrogen-bond donors (Lipinski definition) is 3. The number of carbonyl (C=O) groups excluding carboxylic acids is 1. The maximum absolute atomic E-state index is 12.0. The highest BCUT2D eigenvalue weighted by Crippen LogP contribution is 2.29. The molecular formula is C17H25N3O2S. The van der Waals surface area contributed by atoms with Crippen molar-refractivity contribution in [1.82, 2.24) is 10.3 Å². The maximum Gasteiger partial charge on any atom is 0.319 e. The van der Waals surface area contributed by atoms with Crippen molar-refractivity contribution in [2.45, 2.75) is 52.1 Å². The Morgan fingerprint density at radius 1 is 1.35 bits per heavy atom. The van der Waals surface area contributed by atoms with Gasteiger partial charge in [0, 0.05) is 18.2 Å². The number of benzene rings is 1. The third-order valence-electron chi connectivity index (χ3n) is 4.05. The van der Waals surface area contributed by atoms with Crippen LogP contribution in [0.1, 0.15) is 51.5 Å². The first-order valence-electron chi connectivity index (χ1n) is 8.04. The first-order valence-corrected chi connectivity index (χ1v) is 8.86. The molecule has 126 valence electrons. The van der Waals surface area contributed by atoms with Crippen LogP contribution < -0.4 is 10.6 Å². The normalized spacial score (nSPS) is 11.9. The lowest BCUT2D eigenvalue weighted by atomic mass is 9.98. The lowest BCUT2D eigenvalue weighted by Gasteiger charge is -2.25. The fourth-order valence-electron chi connectivity index (χ4n) is 2.19. The molecule has 0 aliphatic carbocycles. The molecule has 2 amide bonds. The highest BCUT2D eigenvalue weighted by atomic mass is 32.1. The van der Waals surface area contributed by atoms with Crippen molar-refractivity contribution in [3.8, 4) is 0 Å².